The van der Waals surface area contributed by atoms with Crippen LogP contribution < -0.4 is 9.64 Å². The molecule has 0 radical (unpaired) electrons. The first-order valence-electron chi connectivity index (χ1n) is 11.0. The van der Waals surface area contributed by atoms with Gasteiger partial charge in [0.2, 0.25) is 0 Å². The van der Waals surface area contributed by atoms with E-state index in [4.69, 9.17) is 4.74 Å². The number of carbonyl (C=O) groups excluding carboxylic acids is 1. The van der Waals surface area contributed by atoms with Gasteiger partial charge in [0, 0.05) is 38.4 Å². The van der Waals surface area contributed by atoms with Gasteiger partial charge in [-0.1, -0.05) is 24.3 Å². The van der Waals surface area contributed by atoms with Crippen LogP contribution in [0, 0.1) is 26.6 Å². The van der Waals surface area contributed by atoms with Gasteiger partial charge in [-0.15, -0.1) is 0 Å². The molecule has 1 saturated heterocycles. The summed E-state index contributed by atoms with van der Waals surface area (Å²) < 4.78 is 21.7. The zero-order valence-electron chi connectivity index (χ0n) is 19.2. The van der Waals surface area contributed by atoms with Crippen LogP contribution in [0.25, 0.3) is 0 Å². The molecule has 0 saturated carbocycles. The molecule has 4 rings (SSSR count). The number of carbonyl (C=O) groups is 1. The van der Waals surface area contributed by atoms with Crippen molar-refractivity contribution in [1.29, 1.82) is 0 Å². The monoisotopic (exact) mass is 435 g/mol. The van der Waals surface area contributed by atoms with Crippen LogP contribution in [-0.2, 0) is 6.54 Å². The van der Waals surface area contributed by atoms with Gasteiger partial charge in [-0.3, -0.25) is 4.79 Å². The number of amides is 1. The fourth-order valence-electron chi connectivity index (χ4n) is 4.46. The summed E-state index contributed by atoms with van der Waals surface area (Å²) in [6.45, 7) is 9.11. The van der Waals surface area contributed by atoms with E-state index in [2.05, 4.69) is 18.4 Å². The number of benzene rings is 2. The highest BCUT2D eigenvalue weighted by Gasteiger charge is 2.28. The third kappa shape index (κ3) is 4.09. The van der Waals surface area contributed by atoms with Gasteiger partial charge < -0.3 is 19.1 Å². The lowest BCUT2D eigenvalue weighted by Gasteiger charge is -2.36. The third-order valence-electron chi connectivity index (χ3n) is 6.57. The Balaban J connectivity index is 1.56. The number of methoxy groups -OCH3 is 1. The van der Waals surface area contributed by atoms with Crippen molar-refractivity contribution in [2.75, 3.05) is 38.2 Å². The fraction of sp³-hybridized carbons (Fsp3) is 0.346. The molecule has 1 amide bonds. The first kappa shape index (κ1) is 21.9. The van der Waals surface area contributed by atoms with E-state index in [0.717, 1.165) is 33.8 Å². The summed E-state index contributed by atoms with van der Waals surface area (Å²) in [5, 5.41) is 0. The van der Waals surface area contributed by atoms with Gasteiger partial charge in [0.25, 0.3) is 5.91 Å². The minimum Gasteiger partial charge on any atom is -0.497 e. The smallest absolute Gasteiger partial charge is 0.270 e. The molecular formula is C26H30FN3O2. The Labute approximate surface area is 189 Å². The van der Waals surface area contributed by atoms with Crippen molar-refractivity contribution in [1.82, 2.24) is 9.47 Å². The molecule has 0 unspecified atom stereocenters. The highest BCUT2D eigenvalue weighted by Crippen LogP contribution is 2.26. The van der Waals surface area contributed by atoms with E-state index < -0.39 is 0 Å². The van der Waals surface area contributed by atoms with E-state index in [1.807, 2.05) is 47.1 Å². The molecule has 168 valence electrons. The molecule has 0 bridgehead atoms. The number of piperazine rings is 1. The van der Waals surface area contributed by atoms with Crippen molar-refractivity contribution in [2.45, 2.75) is 27.3 Å². The van der Waals surface area contributed by atoms with Gasteiger partial charge in [-0.05, 0) is 61.7 Å². The van der Waals surface area contributed by atoms with Crippen LogP contribution in [0.3, 0.4) is 0 Å². The summed E-state index contributed by atoms with van der Waals surface area (Å²) in [7, 11) is 1.66. The van der Waals surface area contributed by atoms with E-state index in [1.165, 1.54) is 6.07 Å². The fourth-order valence-corrected chi connectivity index (χ4v) is 4.46. The molecule has 32 heavy (non-hydrogen) atoms. The number of hydrogen-bond donors (Lipinski definition) is 0. The van der Waals surface area contributed by atoms with Crippen LogP contribution in [0.15, 0.2) is 48.5 Å². The van der Waals surface area contributed by atoms with Gasteiger partial charge >= 0.3 is 0 Å². The number of halogens is 1. The van der Waals surface area contributed by atoms with Crippen LogP contribution in [0.2, 0.25) is 0 Å². The summed E-state index contributed by atoms with van der Waals surface area (Å²) in [4.78, 5) is 17.5. The summed E-state index contributed by atoms with van der Waals surface area (Å²) in [6.07, 6.45) is 0. The minimum absolute atomic E-state index is 0.0368. The van der Waals surface area contributed by atoms with Crippen LogP contribution in [0.4, 0.5) is 10.1 Å². The number of para-hydroxylation sites is 1. The van der Waals surface area contributed by atoms with Crippen LogP contribution in [0.5, 0.6) is 5.75 Å². The molecule has 3 aromatic rings. The largest absolute Gasteiger partial charge is 0.497 e. The quantitative estimate of drug-likeness (QED) is 0.589. The van der Waals surface area contributed by atoms with Crippen molar-refractivity contribution in [3.63, 3.8) is 0 Å². The normalized spacial score (nSPS) is 14.0. The van der Waals surface area contributed by atoms with E-state index in [-0.39, 0.29) is 11.7 Å². The topological polar surface area (TPSA) is 37.7 Å². The SMILES string of the molecule is COc1cccc(Cn2c(C)c(C)c(C)c2C(=O)N2CCN(c3ccccc3F)CC2)c1. The van der Waals surface area contributed by atoms with Crippen LogP contribution in [0.1, 0.15) is 32.9 Å². The molecule has 0 N–H and O–H groups in total. The Bertz CT molecular complexity index is 1130. The molecule has 1 aliphatic rings. The average Bonchev–Trinajstić information content (AvgIpc) is 3.02. The second-order valence-corrected chi connectivity index (χ2v) is 8.35. The maximum Gasteiger partial charge on any atom is 0.270 e. The molecule has 1 fully saturated rings. The van der Waals surface area contributed by atoms with E-state index in [9.17, 15) is 9.18 Å². The Hall–Kier alpha value is -3.28. The lowest BCUT2D eigenvalue weighted by atomic mass is 10.1. The Kier molecular flexibility index (Phi) is 6.21. The zero-order chi connectivity index (χ0) is 22.8. The van der Waals surface area contributed by atoms with Crippen molar-refractivity contribution in [3.05, 3.63) is 82.4 Å². The maximum atomic E-state index is 14.2. The van der Waals surface area contributed by atoms with E-state index in [0.29, 0.717) is 38.4 Å². The van der Waals surface area contributed by atoms with Crippen molar-refractivity contribution < 1.29 is 13.9 Å². The van der Waals surface area contributed by atoms with Crippen molar-refractivity contribution in [2.24, 2.45) is 0 Å². The van der Waals surface area contributed by atoms with Crippen LogP contribution >= 0.6 is 0 Å². The molecule has 6 heteroatoms. The molecule has 1 aromatic heterocycles. The Morgan fingerprint density at radius 2 is 1.69 bits per heavy atom. The molecule has 0 spiro atoms. The van der Waals surface area contributed by atoms with Gasteiger partial charge in [0.1, 0.15) is 17.3 Å². The molecular weight excluding hydrogens is 405 g/mol. The predicted octanol–water partition coefficient (Wildman–Crippen LogP) is 4.57. The summed E-state index contributed by atoms with van der Waals surface area (Å²) >= 11 is 0. The maximum absolute atomic E-state index is 14.2. The van der Waals surface area contributed by atoms with E-state index in [1.54, 1.807) is 19.2 Å². The second kappa shape index (κ2) is 9.07. The predicted molar refractivity (Wildman–Crippen MR) is 125 cm³/mol. The zero-order valence-corrected chi connectivity index (χ0v) is 19.2. The lowest BCUT2D eigenvalue weighted by Crippen LogP contribution is -2.49. The molecule has 5 nitrogen and oxygen atoms in total. The van der Waals surface area contributed by atoms with Gasteiger partial charge in [0.15, 0.2) is 0 Å². The van der Waals surface area contributed by atoms with Gasteiger partial charge in [-0.2, -0.15) is 0 Å². The van der Waals surface area contributed by atoms with E-state index >= 15 is 0 Å². The number of anilines is 1. The van der Waals surface area contributed by atoms with Gasteiger partial charge in [0.05, 0.1) is 12.8 Å². The molecule has 1 aliphatic heterocycles. The third-order valence-corrected chi connectivity index (χ3v) is 6.57. The number of hydrogen-bond acceptors (Lipinski definition) is 3. The summed E-state index contributed by atoms with van der Waals surface area (Å²) in [5.41, 5.74) is 5.68. The minimum atomic E-state index is -0.221. The number of ether oxygens (including phenoxy) is 1. The Morgan fingerprint density at radius 3 is 2.38 bits per heavy atom. The first-order chi connectivity index (χ1) is 15.4. The number of nitrogens with zero attached hydrogens (tertiary/aromatic N) is 3. The second-order valence-electron chi connectivity index (χ2n) is 8.35. The lowest BCUT2D eigenvalue weighted by molar-refractivity contribution is 0.0735. The highest BCUT2D eigenvalue weighted by molar-refractivity contribution is 5.95. The molecule has 0 atom stereocenters. The molecule has 0 aliphatic carbocycles. The first-order valence-corrected chi connectivity index (χ1v) is 11.0. The summed E-state index contributed by atoms with van der Waals surface area (Å²) in [5.74, 6) is 0.620. The number of aromatic nitrogens is 1. The van der Waals surface area contributed by atoms with Gasteiger partial charge in [-0.25, -0.2) is 4.39 Å². The van der Waals surface area contributed by atoms with Crippen molar-refractivity contribution >= 4 is 11.6 Å². The van der Waals surface area contributed by atoms with Crippen LogP contribution in [-0.4, -0.2) is 48.7 Å². The molecule has 2 aromatic carbocycles. The Morgan fingerprint density at radius 1 is 0.969 bits per heavy atom. The highest BCUT2D eigenvalue weighted by atomic mass is 19.1. The average molecular weight is 436 g/mol. The standard InChI is InChI=1S/C26H30FN3O2/c1-18-19(2)25(30(20(18)3)17-21-8-7-9-22(16-21)32-4)26(31)29-14-12-28(13-15-29)24-11-6-5-10-23(24)27/h5-11,16H,12-15,17H2,1-4H3. The molecule has 2 heterocycles. The van der Waals surface area contributed by atoms with Crippen molar-refractivity contribution in [3.8, 4) is 5.75 Å². The number of rotatable bonds is 5. The summed E-state index contributed by atoms with van der Waals surface area (Å²) in [6, 6.07) is 14.8.